The van der Waals surface area contributed by atoms with E-state index in [0.717, 1.165) is 0 Å². The van der Waals surface area contributed by atoms with Crippen LogP contribution in [0.1, 0.15) is 10.6 Å². The van der Waals surface area contributed by atoms with Gasteiger partial charge in [0.05, 0.1) is 43.0 Å². The van der Waals surface area contributed by atoms with Crippen LogP contribution in [-0.2, 0) is 9.73 Å². The third-order valence-corrected chi connectivity index (χ3v) is 6.87. The van der Waals surface area contributed by atoms with Crippen LogP contribution in [0.2, 0.25) is 0 Å². The van der Waals surface area contributed by atoms with E-state index in [1.807, 2.05) is 4.90 Å². The lowest BCUT2D eigenvalue weighted by molar-refractivity contribution is 0.0659. The van der Waals surface area contributed by atoms with E-state index < -0.39 is 9.73 Å². The lowest BCUT2D eigenvalue weighted by atomic mass is 10.2. The summed E-state index contributed by atoms with van der Waals surface area (Å²) in [5.74, 6) is 1.58. The molecule has 10 nitrogen and oxygen atoms in total. The van der Waals surface area contributed by atoms with Crippen molar-refractivity contribution in [3.8, 4) is 17.2 Å². The minimum absolute atomic E-state index is 0.154. The molecule has 2 aromatic rings. The molecule has 1 unspecified atom stereocenters. The zero-order valence-electron chi connectivity index (χ0n) is 17.8. The van der Waals surface area contributed by atoms with Gasteiger partial charge in [0, 0.05) is 38.5 Å². The number of guanidine groups is 1. The Hall–Kier alpha value is -3.21. The fraction of sp³-hybridized carbons (Fsp3) is 0.400. The Kier molecular flexibility index (Phi) is 5.52. The molecule has 0 bridgehead atoms. The molecule has 0 aliphatic carbocycles. The monoisotopic (exact) mass is 448 g/mol. The summed E-state index contributed by atoms with van der Waals surface area (Å²) in [6, 6.07) is 5.00. The molecule has 2 aliphatic rings. The largest absolute Gasteiger partial charge is 0.493 e. The molecule has 4 rings (SSSR count). The standard InChI is InChI=1S/C20H24N4O6S/c1-27-15-12-13-18(17(29-3)16(15)28-2)31(4,26)22-20(21-13)24-9-7-23(8-10-24)19(25)14-6-5-11-30-14/h5-6,11-12H,7-10H2,1-4H3. The van der Waals surface area contributed by atoms with Gasteiger partial charge in [-0.3, -0.25) is 4.79 Å². The number of aliphatic imine (C=N–C) groups is 1. The number of methoxy groups -OCH3 is 3. The van der Waals surface area contributed by atoms with Crippen LogP contribution in [0.3, 0.4) is 0 Å². The number of piperazine rings is 1. The first-order valence-corrected chi connectivity index (χ1v) is 11.5. The highest BCUT2D eigenvalue weighted by atomic mass is 32.2. The fourth-order valence-corrected chi connectivity index (χ4v) is 5.26. The summed E-state index contributed by atoms with van der Waals surface area (Å²) in [6.07, 6.45) is 3.03. The highest BCUT2D eigenvalue weighted by molar-refractivity contribution is 7.93. The van der Waals surface area contributed by atoms with E-state index in [1.54, 1.807) is 29.4 Å². The minimum Gasteiger partial charge on any atom is -0.493 e. The fourth-order valence-electron chi connectivity index (χ4n) is 3.69. The summed E-state index contributed by atoms with van der Waals surface area (Å²) in [4.78, 5) is 21.1. The Morgan fingerprint density at radius 1 is 1.10 bits per heavy atom. The molecule has 1 saturated heterocycles. The Balaban J connectivity index is 1.64. The van der Waals surface area contributed by atoms with E-state index in [4.69, 9.17) is 18.6 Å². The van der Waals surface area contributed by atoms with Gasteiger partial charge in [-0.1, -0.05) is 0 Å². The SMILES string of the molecule is COc1cc2c(c(OC)c1OC)S(C)(=O)=NC(N1CCN(C(=O)c3ccco3)CC1)=N2. The highest BCUT2D eigenvalue weighted by Gasteiger charge is 2.32. The topological polar surface area (TPSA) is 106 Å². The average molecular weight is 449 g/mol. The van der Waals surface area contributed by atoms with Crippen LogP contribution in [-0.4, -0.2) is 79.6 Å². The van der Waals surface area contributed by atoms with E-state index in [1.165, 1.54) is 27.6 Å². The Labute approximate surface area is 180 Å². The van der Waals surface area contributed by atoms with Gasteiger partial charge >= 0.3 is 0 Å². The highest BCUT2D eigenvalue weighted by Crippen LogP contribution is 2.49. The van der Waals surface area contributed by atoms with Crippen LogP contribution in [0.15, 0.2) is 43.1 Å². The van der Waals surface area contributed by atoms with Gasteiger partial charge in [-0.05, 0) is 12.1 Å². The molecule has 1 aromatic heterocycles. The molecule has 166 valence electrons. The molecule has 11 heteroatoms. The number of carbonyl (C=O) groups is 1. The third kappa shape index (κ3) is 3.69. The minimum atomic E-state index is -2.86. The van der Waals surface area contributed by atoms with Crippen molar-refractivity contribution in [2.75, 3.05) is 53.8 Å². The van der Waals surface area contributed by atoms with E-state index in [0.29, 0.717) is 65.7 Å². The Morgan fingerprint density at radius 3 is 2.39 bits per heavy atom. The van der Waals surface area contributed by atoms with Gasteiger partial charge in [0.15, 0.2) is 17.3 Å². The summed E-state index contributed by atoms with van der Waals surface area (Å²) in [6.45, 7) is 1.95. The van der Waals surface area contributed by atoms with Crippen LogP contribution in [0, 0.1) is 0 Å². The van der Waals surface area contributed by atoms with Crippen molar-refractivity contribution in [2.24, 2.45) is 9.36 Å². The first-order valence-electron chi connectivity index (χ1n) is 9.61. The van der Waals surface area contributed by atoms with Gasteiger partial charge in [-0.25, -0.2) is 9.20 Å². The van der Waals surface area contributed by atoms with Crippen molar-refractivity contribution in [1.29, 1.82) is 0 Å². The molecule has 31 heavy (non-hydrogen) atoms. The van der Waals surface area contributed by atoms with Gasteiger partial charge < -0.3 is 28.4 Å². The summed E-state index contributed by atoms with van der Waals surface area (Å²) in [5.41, 5.74) is 0.459. The van der Waals surface area contributed by atoms with Gasteiger partial charge in [-0.15, -0.1) is 0 Å². The second-order valence-electron chi connectivity index (χ2n) is 7.06. The first-order chi connectivity index (χ1) is 14.9. The number of benzene rings is 1. The molecule has 1 aromatic carbocycles. The number of carbonyl (C=O) groups excluding carboxylic acids is 1. The normalized spacial score (nSPS) is 20.5. The molecule has 0 radical (unpaired) electrons. The average Bonchev–Trinajstić information content (AvgIpc) is 3.31. The lowest BCUT2D eigenvalue weighted by Crippen LogP contribution is -2.50. The van der Waals surface area contributed by atoms with Crippen molar-refractivity contribution in [2.45, 2.75) is 4.90 Å². The number of rotatable bonds is 4. The van der Waals surface area contributed by atoms with Crippen LogP contribution in [0.4, 0.5) is 5.69 Å². The first kappa shape index (κ1) is 21.0. The number of hydrogen-bond acceptors (Lipinski definition) is 9. The van der Waals surface area contributed by atoms with Crippen LogP contribution in [0.25, 0.3) is 0 Å². The maximum absolute atomic E-state index is 13.5. The zero-order valence-corrected chi connectivity index (χ0v) is 18.6. The molecule has 0 spiro atoms. The maximum Gasteiger partial charge on any atom is 0.289 e. The molecular weight excluding hydrogens is 424 g/mol. The van der Waals surface area contributed by atoms with Crippen LogP contribution in [0.5, 0.6) is 17.2 Å². The van der Waals surface area contributed by atoms with Gasteiger partial charge in [0.1, 0.15) is 4.90 Å². The summed E-state index contributed by atoms with van der Waals surface area (Å²) >= 11 is 0. The molecule has 2 aliphatic heterocycles. The number of nitrogens with zero attached hydrogens (tertiary/aromatic N) is 4. The Bertz CT molecular complexity index is 1140. The summed E-state index contributed by atoms with van der Waals surface area (Å²) in [7, 11) is 1.62. The summed E-state index contributed by atoms with van der Waals surface area (Å²) < 4.78 is 39.5. The molecule has 0 N–H and O–H groups in total. The lowest BCUT2D eigenvalue weighted by Gasteiger charge is -2.35. The molecule has 1 atom stereocenters. The number of fused-ring (bicyclic) bond motifs is 1. The molecule has 1 fully saturated rings. The third-order valence-electron chi connectivity index (χ3n) is 5.20. The van der Waals surface area contributed by atoms with E-state index in [-0.39, 0.29) is 5.91 Å². The van der Waals surface area contributed by atoms with Crippen LogP contribution >= 0.6 is 0 Å². The molecular formula is C20H24N4O6S. The summed E-state index contributed by atoms with van der Waals surface area (Å²) in [5, 5.41) is 0. The molecule has 3 heterocycles. The molecule has 0 saturated carbocycles. The van der Waals surface area contributed by atoms with Crippen molar-refractivity contribution in [3.05, 3.63) is 30.2 Å². The van der Waals surface area contributed by atoms with E-state index in [9.17, 15) is 9.00 Å². The van der Waals surface area contributed by atoms with Gasteiger partial charge in [-0.2, -0.15) is 4.36 Å². The van der Waals surface area contributed by atoms with E-state index in [2.05, 4.69) is 9.36 Å². The van der Waals surface area contributed by atoms with Crippen molar-refractivity contribution in [3.63, 3.8) is 0 Å². The predicted octanol–water partition coefficient (Wildman–Crippen LogP) is 2.22. The molecule has 1 amide bonds. The van der Waals surface area contributed by atoms with Crippen molar-refractivity contribution in [1.82, 2.24) is 9.80 Å². The number of amides is 1. The second kappa shape index (κ2) is 8.14. The zero-order chi connectivity index (χ0) is 22.2. The van der Waals surface area contributed by atoms with Gasteiger partial charge in [0.2, 0.25) is 11.7 Å². The number of hydrogen-bond donors (Lipinski definition) is 0. The van der Waals surface area contributed by atoms with Crippen molar-refractivity contribution < 1.29 is 27.6 Å². The van der Waals surface area contributed by atoms with E-state index >= 15 is 0 Å². The smallest absolute Gasteiger partial charge is 0.289 e. The maximum atomic E-state index is 13.5. The predicted molar refractivity (Wildman–Crippen MR) is 114 cm³/mol. The number of ether oxygens (including phenoxy) is 3. The van der Waals surface area contributed by atoms with Crippen molar-refractivity contribution >= 4 is 27.3 Å². The van der Waals surface area contributed by atoms with Gasteiger partial charge in [0.25, 0.3) is 5.91 Å². The second-order valence-corrected chi connectivity index (χ2v) is 9.25. The Morgan fingerprint density at radius 2 is 1.81 bits per heavy atom. The number of furan rings is 1. The quantitative estimate of drug-likeness (QED) is 0.706. The van der Waals surface area contributed by atoms with Crippen LogP contribution < -0.4 is 14.2 Å².